The van der Waals surface area contributed by atoms with Crippen LogP contribution in [0.25, 0.3) is 0 Å². The lowest BCUT2D eigenvalue weighted by Crippen LogP contribution is -2.22. The van der Waals surface area contributed by atoms with E-state index in [4.69, 9.17) is 21.1 Å². The normalized spacial score (nSPS) is 20.5. The highest BCUT2D eigenvalue weighted by atomic mass is 35.5. The molecule has 1 N–H and O–H groups in total. The second kappa shape index (κ2) is 7.13. The van der Waals surface area contributed by atoms with Gasteiger partial charge in [0.1, 0.15) is 11.9 Å². The van der Waals surface area contributed by atoms with Crippen LogP contribution in [0, 0.1) is 0 Å². The lowest BCUT2D eigenvalue weighted by molar-refractivity contribution is 0.140. The van der Waals surface area contributed by atoms with Crippen molar-refractivity contribution in [2.45, 2.75) is 38.8 Å². The molecule has 3 nitrogen and oxygen atoms in total. The van der Waals surface area contributed by atoms with Crippen molar-refractivity contribution in [2.24, 2.45) is 0 Å². The standard InChI is InChI=1S/C15H22ClNO2/c1-3-7-17-11(2)14-9-12(16)4-5-15(14)19-13-6-8-18-10-13/h4-5,9,11,13,17H,3,6-8,10H2,1-2H3. The van der Waals surface area contributed by atoms with Crippen molar-refractivity contribution >= 4 is 11.6 Å². The van der Waals surface area contributed by atoms with Crippen LogP contribution in [0.2, 0.25) is 5.02 Å². The van der Waals surface area contributed by atoms with E-state index in [1.54, 1.807) is 0 Å². The Hall–Kier alpha value is -0.770. The molecule has 1 aromatic carbocycles. The summed E-state index contributed by atoms with van der Waals surface area (Å²) in [4.78, 5) is 0. The van der Waals surface area contributed by atoms with Gasteiger partial charge in [0, 0.05) is 23.0 Å². The van der Waals surface area contributed by atoms with Crippen molar-refractivity contribution in [3.8, 4) is 5.75 Å². The van der Waals surface area contributed by atoms with Crippen molar-refractivity contribution < 1.29 is 9.47 Å². The number of ether oxygens (including phenoxy) is 2. The highest BCUT2D eigenvalue weighted by Gasteiger charge is 2.20. The molecular formula is C15H22ClNO2. The van der Waals surface area contributed by atoms with E-state index in [2.05, 4.69) is 19.2 Å². The molecule has 1 aliphatic rings. The van der Waals surface area contributed by atoms with Gasteiger partial charge in [-0.1, -0.05) is 18.5 Å². The first-order valence-corrected chi connectivity index (χ1v) is 7.35. The minimum absolute atomic E-state index is 0.165. The van der Waals surface area contributed by atoms with Crippen LogP contribution in [0.5, 0.6) is 5.75 Å². The van der Waals surface area contributed by atoms with Crippen LogP contribution in [0.15, 0.2) is 18.2 Å². The van der Waals surface area contributed by atoms with Gasteiger partial charge >= 0.3 is 0 Å². The van der Waals surface area contributed by atoms with Gasteiger partial charge in [0.15, 0.2) is 0 Å². The summed E-state index contributed by atoms with van der Waals surface area (Å²) < 4.78 is 11.4. The van der Waals surface area contributed by atoms with Crippen LogP contribution in [-0.4, -0.2) is 25.9 Å². The second-order valence-corrected chi connectivity index (χ2v) is 5.40. The van der Waals surface area contributed by atoms with E-state index >= 15 is 0 Å². The van der Waals surface area contributed by atoms with Crippen molar-refractivity contribution in [1.82, 2.24) is 5.32 Å². The molecule has 0 spiro atoms. The summed E-state index contributed by atoms with van der Waals surface area (Å²) in [6, 6.07) is 6.05. The molecule has 2 atom stereocenters. The maximum absolute atomic E-state index is 6.10. The summed E-state index contributed by atoms with van der Waals surface area (Å²) in [5.74, 6) is 0.913. The fourth-order valence-corrected chi connectivity index (χ4v) is 2.40. The molecule has 0 radical (unpaired) electrons. The maximum atomic E-state index is 6.10. The predicted octanol–water partition coefficient (Wildman–Crippen LogP) is 3.57. The Morgan fingerprint density at radius 3 is 3.05 bits per heavy atom. The Kier molecular flexibility index (Phi) is 5.49. The minimum atomic E-state index is 0.165. The molecule has 1 saturated heterocycles. The molecule has 2 unspecified atom stereocenters. The Bertz CT molecular complexity index is 405. The molecule has 0 aliphatic carbocycles. The molecular weight excluding hydrogens is 262 g/mol. The van der Waals surface area contributed by atoms with Gasteiger partial charge in [-0.05, 0) is 38.1 Å². The Morgan fingerprint density at radius 1 is 1.53 bits per heavy atom. The zero-order valence-corrected chi connectivity index (χ0v) is 12.4. The average Bonchev–Trinajstić information content (AvgIpc) is 2.91. The van der Waals surface area contributed by atoms with E-state index < -0.39 is 0 Å². The van der Waals surface area contributed by atoms with Crippen LogP contribution < -0.4 is 10.1 Å². The summed E-state index contributed by atoms with van der Waals surface area (Å²) in [7, 11) is 0. The van der Waals surface area contributed by atoms with Gasteiger partial charge in [-0.2, -0.15) is 0 Å². The fourth-order valence-electron chi connectivity index (χ4n) is 2.22. The third-order valence-corrected chi connectivity index (χ3v) is 3.56. The van der Waals surface area contributed by atoms with E-state index in [1.807, 2.05) is 18.2 Å². The lowest BCUT2D eigenvalue weighted by atomic mass is 10.1. The molecule has 106 valence electrons. The zero-order valence-electron chi connectivity index (χ0n) is 11.6. The van der Waals surface area contributed by atoms with Crippen LogP contribution in [0.4, 0.5) is 0 Å². The molecule has 0 bridgehead atoms. The SMILES string of the molecule is CCCNC(C)c1cc(Cl)ccc1OC1CCOC1. The fraction of sp³-hybridized carbons (Fsp3) is 0.600. The van der Waals surface area contributed by atoms with Crippen molar-refractivity contribution in [1.29, 1.82) is 0 Å². The van der Waals surface area contributed by atoms with Gasteiger partial charge in [-0.25, -0.2) is 0 Å². The Morgan fingerprint density at radius 2 is 2.37 bits per heavy atom. The molecule has 19 heavy (non-hydrogen) atoms. The van der Waals surface area contributed by atoms with Gasteiger partial charge < -0.3 is 14.8 Å². The van der Waals surface area contributed by atoms with Crippen molar-refractivity contribution in [2.75, 3.05) is 19.8 Å². The van der Waals surface area contributed by atoms with Crippen molar-refractivity contribution in [3.05, 3.63) is 28.8 Å². The number of benzene rings is 1. The topological polar surface area (TPSA) is 30.5 Å². The Labute approximate surface area is 120 Å². The molecule has 1 fully saturated rings. The van der Waals surface area contributed by atoms with E-state index in [0.29, 0.717) is 6.61 Å². The first-order chi connectivity index (χ1) is 9.20. The van der Waals surface area contributed by atoms with E-state index in [-0.39, 0.29) is 12.1 Å². The number of hydrogen-bond acceptors (Lipinski definition) is 3. The third-order valence-electron chi connectivity index (χ3n) is 3.32. The minimum Gasteiger partial charge on any atom is -0.488 e. The summed E-state index contributed by atoms with van der Waals surface area (Å²) in [5, 5.41) is 4.22. The molecule has 1 aliphatic heterocycles. The van der Waals surface area contributed by atoms with Gasteiger partial charge in [-0.3, -0.25) is 0 Å². The van der Waals surface area contributed by atoms with Gasteiger partial charge in [-0.15, -0.1) is 0 Å². The van der Waals surface area contributed by atoms with Crippen LogP contribution in [-0.2, 0) is 4.74 Å². The Balaban J connectivity index is 2.11. The largest absolute Gasteiger partial charge is 0.488 e. The summed E-state index contributed by atoms with van der Waals surface area (Å²) >= 11 is 6.10. The summed E-state index contributed by atoms with van der Waals surface area (Å²) in [5.41, 5.74) is 1.12. The molecule has 4 heteroatoms. The first kappa shape index (κ1) is 14.6. The summed E-state index contributed by atoms with van der Waals surface area (Å²) in [6.45, 7) is 6.75. The number of halogens is 1. The first-order valence-electron chi connectivity index (χ1n) is 6.98. The third kappa shape index (κ3) is 4.10. The van der Waals surface area contributed by atoms with Gasteiger partial charge in [0.2, 0.25) is 0 Å². The molecule has 2 rings (SSSR count). The van der Waals surface area contributed by atoms with Gasteiger partial charge in [0.25, 0.3) is 0 Å². The highest BCUT2D eigenvalue weighted by Crippen LogP contribution is 2.30. The highest BCUT2D eigenvalue weighted by molar-refractivity contribution is 6.30. The number of rotatable bonds is 6. The van der Waals surface area contributed by atoms with Crippen molar-refractivity contribution in [3.63, 3.8) is 0 Å². The predicted molar refractivity (Wildman–Crippen MR) is 78.0 cm³/mol. The van der Waals surface area contributed by atoms with Crippen LogP contribution >= 0.6 is 11.6 Å². The lowest BCUT2D eigenvalue weighted by Gasteiger charge is -2.20. The average molecular weight is 284 g/mol. The molecule has 1 heterocycles. The van der Waals surface area contributed by atoms with Crippen LogP contribution in [0.1, 0.15) is 38.3 Å². The van der Waals surface area contributed by atoms with E-state index in [0.717, 1.165) is 42.3 Å². The smallest absolute Gasteiger partial charge is 0.124 e. The van der Waals surface area contributed by atoms with Crippen LogP contribution in [0.3, 0.4) is 0 Å². The maximum Gasteiger partial charge on any atom is 0.124 e. The summed E-state index contributed by atoms with van der Waals surface area (Å²) in [6.07, 6.45) is 2.23. The number of nitrogens with one attached hydrogen (secondary N) is 1. The molecule has 0 amide bonds. The zero-order chi connectivity index (χ0) is 13.7. The number of hydrogen-bond donors (Lipinski definition) is 1. The van der Waals surface area contributed by atoms with E-state index in [1.165, 1.54) is 0 Å². The quantitative estimate of drug-likeness (QED) is 0.866. The second-order valence-electron chi connectivity index (χ2n) is 4.96. The molecule has 1 aromatic rings. The molecule has 0 aromatic heterocycles. The monoisotopic (exact) mass is 283 g/mol. The molecule has 0 saturated carbocycles. The van der Waals surface area contributed by atoms with Gasteiger partial charge in [0.05, 0.1) is 13.2 Å². The van der Waals surface area contributed by atoms with E-state index in [9.17, 15) is 0 Å².